The van der Waals surface area contributed by atoms with E-state index in [1.54, 1.807) is 25.3 Å². The maximum atomic E-state index is 12.3. The molecule has 1 heterocycles. The Morgan fingerprint density at radius 2 is 2.08 bits per heavy atom. The van der Waals surface area contributed by atoms with Crippen LogP contribution in [0.4, 0.5) is 0 Å². The van der Waals surface area contributed by atoms with Gasteiger partial charge in [0.05, 0.1) is 31.0 Å². The fourth-order valence-electron chi connectivity index (χ4n) is 2.52. The largest absolute Gasteiger partial charge is 0.492 e. The average molecular weight is 370 g/mol. The lowest BCUT2D eigenvalue weighted by molar-refractivity contribution is 0.0955. The van der Waals surface area contributed by atoms with E-state index in [4.69, 9.17) is 21.7 Å². The third kappa shape index (κ3) is 3.75. The van der Waals surface area contributed by atoms with Crippen molar-refractivity contribution in [3.05, 3.63) is 52.3 Å². The number of carbonyl (C=O) groups excluding carboxylic acids is 1. The molecule has 134 valence electrons. The Balaban J connectivity index is 1.76. The SMILES string of the molecule is CCOc1cccc(/C=N\NC(=O)c2ccc3[nH]c(=S)[nH]c3c2)c1OC. The van der Waals surface area contributed by atoms with Gasteiger partial charge in [-0.05, 0) is 49.5 Å². The van der Waals surface area contributed by atoms with Gasteiger partial charge in [0, 0.05) is 11.1 Å². The highest BCUT2D eigenvalue weighted by Gasteiger charge is 2.09. The Hall–Kier alpha value is -3.13. The molecular formula is C18H18N4O3S. The van der Waals surface area contributed by atoms with Crippen LogP contribution in [0.3, 0.4) is 0 Å². The second-order valence-electron chi connectivity index (χ2n) is 5.35. The lowest BCUT2D eigenvalue weighted by Gasteiger charge is -2.11. The predicted molar refractivity (Wildman–Crippen MR) is 103 cm³/mol. The fraction of sp³-hybridized carbons (Fsp3) is 0.167. The number of nitrogens with one attached hydrogen (secondary N) is 3. The standard InChI is InChI=1S/C18H18N4O3S/c1-3-25-15-6-4-5-12(16(15)24-2)10-19-22-17(23)11-7-8-13-14(9-11)21-18(26)20-13/h4-10H,3H2,1-2H3,(H,22,23)(H2,20,21,26)/b19-10-. The topological polar surface area (TPSA) is 91.5 Å². The molecule has 3 N–H and O–H groups in total. The Morgan fingerprint density at radius 3 is 2.85 bits per heavy atom. The molecule has 0 aliphatic heterocycles. The average Bonchev–Trinajstić information content (AvgIpc) is 3.01. The first kappa shape index (κ1) is 17.7. The lowest BCUT2D eigenvalue weighted by Crippen LogP contribution is -2.17. The van der Waals surface area contributed by atoms with Gasteiger partial charge in [0.2, 0.25) is 0 Å². The maximum Gasteiger partial charge on any atom is 0.271 e. The number of amides is 1. The summed E-state index contributed by atoms with van der Waals surface area (Å²) < 4.78 is 11.4. The lowest BCUT2D eigenvalue weighted by atomic mass is 10.2. The summed E-state index contributed by atoms with van der Waals surface area (Å²) in [5, 5.41) is 4.01. The summed E-state index contributed by atoms with van der Waals surface area (Å²) in [6.45, 7) is 2.42. The summed E-state index contributed by atoms with van der Waals surface area (Å²) in [7, 11) is 1.56. The number of rotatable bonds is 6. The first-order chi connectivity index (χ1) is 12.6. The number of hydrogen-bond donors (Lipinski definition) is 3. The van der Waals surface area contributed by atoms with Crippen LogP contribution in [0.1, 0.15) is 22.8 Å². The normalized spacial score (nSPS) is 11.0. The molecule has 0 unspecified atom stereocenters. The van der Waals surface area contributed by atoms with E-state index in [0.29, 0.717) is 34.0 Å². The number of ether oxygens (including phenoxy) is 2. The molecule has 1 amide bonds. The van der Waals surface area contributed by atoms with E-state index in [-0.39, 0.29) is 5.91 Å². The number of carbonyl (C=O) groups is 1. The quantitative estimate of drug-likeness (QED) is 0.352. The van der Waals surface area contributed by atoms with E-state index in [2.05, 4.69) is 20.5 Å². The van der Waals surface area contributed by atoms with Crippen molar-refractivity contribution in [3.63, 3.8) is 0 Å². The van der Waals surface area contributed by atoms with E-state index < -0.39 is 0 Å². The van der Waals surface area contributed by atoms with Gasteiger partial charge in [-0.1, -0.05) is 6.07 Å². The molecule has 0 spiro atoms. The number of methoxy groups -OCH3 is 1. The van der Waals surface area contributed by atoms with Crippen LogP contribution in [0.2, 0.25) is 0 Å². The van der Waals surface area contributed by atoms with Crippen LogP contribution in [0.15, 0.2) is 41.5 Å². The van der Waals surface area contributed by atoms with Crippen molar-refractivity contribution < 1.29 is 14.3 Å². The smallest absolute Gasteiger partial charge is 0.271 e. The monoisotopic (exact) mass is 370 g/mol. The molecule has 0 aliphatic carbocycles. The predicted octanol–water partition coefficient (Wildman–Crippen LogP) is 3.40. The number of H-pyrrole nitrogens is 2. The van der Waals surface area contributed by atoms with Crippen LogP contribution < -0.4 is 14.9 Å². The van der Waals surface area contributed by atoms with Crippen molar-refractivity contribution in [3.8, 4) is 11.5 Å². The maximum absolute atomic E-state index is 12.3. The Labute approximate surface area is 155 Å². The van der Waals surface area contributed by atoms with Gasteiger partial charge in [-0.15, -0.1) is 0 Å². The zero-order valence-electron chi connectivity index (χ0n) is 14.3. The molecule has 0 bridgehead atoms. The van der Waals surface area contributed by atoms with E-state index in [0.717, 1.165) is 11.0 Å². The van der Waals surface area contributed by atoms with Crippen molar-refractivity contribution in [1.82, 2.24) is 15.4 Å². The molecular weight excluding hydrogens is 352 g/mol. The van der Waals surface area contributed by atoms with Crippen molar-refractivity contribution in [2.24, 2.45) is 5.10 Å². The summed E-state index contributed by atoms with van der Waals surface area (Å²) in [4.78, 5) is 18.2. The van der Waals surface area contributed by atoms with Gasteiger partial charge < -0.3 is 19.4 Å². The van der Waals surface area contributed by atoms with Crippen LogP contribution in [0, 0.1) is 4.77 Å². The second kappa shape index (κ2) is 7.83. The minimum atomic E-state index is -0.330. The van der Waals surface area contributed by atoms with E-state index in [9.17, 15) is 4.79 Å². The Kier molecular flexibility index (Phi) is 5.33. The Morgan fingerprint density at radius 1 is 1.27 bits per heavy atom. The van der Waals surface area contributed by atoms with Gasteiger partial charge in [-0.2, -0.15) is 5.10 Å². The highest BCUT2D eigenvalue weighted by atomic mass is 32.1. The molecule has 0 saturated carbocycles. The molecule has 26 heavy (non-hydrogen) atoms. The van der Waals surface area contributed by atoms with Gasteiger partial charge in [0.25, 0.3) is 5.91 Å². The van der Waals surface area contributed by atoms with Gasteiger partial charge >= 0.3 is 0 Å². The molecule has 3 rings (SSSR count). The third-order valence-corrected chi connectivity index (χ3v) is 3.87. The highest BCUT2D eigenvalue weighted by molar-refractivity contribution is 7.71. The summed E-state index contributed by atoms with van der Waals surface area (Å²) >= 11 is 5.04. The molecule has 0 atom stereocenters. The van der Waals surface area contributed by atoms with Gasteiger partial charge in [0.1, 0.15) is 0 Å². The first-order valence-electron chi connectivity index (χ1n) is 7.97. The number of imidazole rings is 1. The highest BCUT2D eigenvalue weighted by Crippen LogP contribution is 2.29. The van der Waals surface area contributed by atoms with Crippen LogP contribution in [0.25, 0.3) is 11.0 Å². The van der Waals surface area contributed by atoms with Gasteiger partial charge in [0.15, 0.2) is 16.3 Å². The Bertz CT molecular complexity index is 1020. The fourth-order valence-corrected chi connectivity index (χ4v) is 2.74. The minimum Gasteiger partial charge on any atom is -0.492 e. The molecule has 0 radical (unpaired) electrons. The summed E-state index contributed by atoms with van der Waals surface area (Å²) in [6.07, 6.45) is 1.52. The molecule has 0 fully saturated rings. The van der Waals surface area contributed by atoms with Crippen LogP contribution in [0.5, 0.6) is 11.5 Å². The zero-order valence-corrected chi connectivity index (χ0v) is 15.1. The number of nitrogens with zero attached hydrogens (tertiary/aromatic N) is 1. The van der Waals surface area contributed by atoms with Crippen LogP contribution in [-0.2, 0) is 0 Å². The molecule has 2 aromatic carbocycles. The molecule has 7 nitrogen and oxygen atoms in total. The van der Waals surface area contributed by atoms with Crippen molar-refractivity contribution in [1.29, 1.82) is 0 Å². The zero-order chi connectivity index (χ0) is 18.5. The summed E-state index contributed by atoms with van der Waals surface area (Å²) in [5.74, 6) is 0.857. The second-order valence-corrected chi connectivity index (χ2v) is 5.76. The minimum absolute atomic E-state index is 0.330. The number of fused-ring (bicyclic) bond motifs is 1. The number of hydrogen-bond acceptors (Lipinski definition) is 5. The third-order valence-electron chi connectivity index (χ3n) is 3.66. The van der Waals surface area contributed by atoms with Crippen LogP contribution >= 0.6 is 12.2 Å². The number of para-hydroxylation sites is 1. The van der Waals surface area contributed by atoms with E-state index in [1.807, 2.05) is 25.1 Å². The number of aromatic amines is 2. The summed E-state index contributed by atoms with van der Waals surface area (Å²) in [6, 6.07) is 10.7. The van der Waals surface area contributed by atoms with Gasteiger partial charge in [-0.25, -0.2) is 5.43 Å². The number of benzene rings is 2. The van der Waals surface area contributed by atoms with Gasteiger partial charge in [-0.3, -0.25) is 4.79 Å². The molecule has 8 heteroatoms. The van der Waals surface area contributed by atoms with E-state index >= 15 is 0 Å². The molecule has 3 aromatic rings. The van der Waals surface area contributed by atoms with Crippen LogP contribution in [-0.4, -0.2) is 35.8 Å². The first-order valence-corrected chi connectivity index (χ1v) is 8.38. The molecule has 1 aromatic heterocycles. The molecule has 0 aliphatic rings. The van der Waals surface area contributed by atoms with Crippen molar-refractivity contribution in [2.45, 2.75) is 6.92 Å². The number of aromatic nitrogens is 2. The molecule has 0 saturated heterocycles. The summed E-state index contributed by atoms with van der Waals surface area (Å²) in [5.41, 5.74) is 5.27. The number of hydrazone groups is 1. The van der Waals surface area contributed by atoms with E-state index in [1.165, 1.54) is 6.21 Å². The van der Waals surface area contributed by atoms with Crippen molar-refractivity contribution >= 4 is 35.4 Å². The van der Waals surface area contributed by atoms with Crippen molar-refractivity contribution in [2.75, 3.05) is 13.7 Å².